The van der Waals surface area contributed by atoms with Gasteiger partial charge in [-0.3, -0.25) is 19.4 Å². The fourth-order valence-electron chi connectivity index (χ4n) is 2.83. The zero-order chi connectivity index (χ0) is 16.0. The normalized spacial score (nSPS) is 12.6. The van der Waals surface area contributed by atoms with E-state index in [-0.39, 0.29) is 5.91 Å². The van der Waals surface area contributed by atoms with Crippen LogP contribution in [0.3, 0.4) is 0 Å². The molecule has 0 saturated carbocycles. The fraction of sp³-hybridized carbons (Fsp3) is 0.250. The van der Waals surface area contributed by atoms with Crippen LogP contribution in [0.15, 0.2) is 30.7 Å². The molecule has 6 nitrogen and oxygen atoms in total. The zero-order valence-corrected chi connectivity index (χ0v) is 13.7. The zero-order valence-electron chi connectivity index (χ0n) is 12.9. The minimum Gasteiger partial charge on any atom is -0.287 e. The second kappa shape index (κ2) is 5.27. The van der Waals surface area contributed by atoms with Gasteiger partial charge in [-0.15, -0.1) is 11.3 Å². The van der Waals surface area contributed by atoms with Crippen LogP contribution in [0.1, 0.15) is 20.9 Å². The van der Waals surface area contributed by atoms with E-state index >= 15 is 0 Å². The summed E-state index contributed by atoms with van der Waals surface area (Å²) in [5, 5.41) is 5.04. The molecule has 0 atom stereocenters. The second-order valence-corrected chi connectivity index (χ2v) is 6.56. The monoisotopic (exact) mass is 325 g/mol. The van der Waals surface area contributed by atoms with Crippen molar-refractivity contribution < 1.29 is 4.79 Å². The number of rotatable bonds is 2. The summed E-state index contributed by atoms with van der Waals surface area (Å²) in [5.74, 6) is -0.0788. The predicted octanol–water partition coefficient (Wildman–Crippen LogP) is 2.31. The number of fused-ring (bicyclic) bond motifs is 3. The fourth-order valence-corrected chi connectivity index (χ4v) is 3.86. The number of anilines is 1. The quantitative estimate of drug-likeness (QED) is 0.725. The van der Waals surface area contributed by atoms with Crippen LogP contribution in [0.5, 0.6) is 0 Å². The minimum absolute atomic E-state index is 0.0788. The Morgan fingerprint density at radius 2 is 2.09 bits per heavy atom. The third-order valence-electron chi connectivity index (χ3n) is 4.11. The number of hydrogen-bond acceptors (Lipinski definition) is 5. The second-order valence-electron chi connectivity index (χ2n) is 5.50. The Morgan fingerprint density at radius 3 is 2.87 bits per heavy atom. The molecule has 116 valence electrons. The van der Waals surface area contributed by atoms with Gasteiger partial charge >= 0.3 is 0 Å². The number of aromatic nitrogens is 4. The van der Waals surface area contributed by atoms with Crippen LogP contribution in [0.4, 0.5) is 5.13 Å². The van der Waals surface area contributed by atoms with Gasteiger partial charge in [-0.25, -0.2) is 4.98 Å². The topological polar surface area (TPSA) is 63.9 Å². The van der Waals surface area contributed by atoms with Crippen molar-refractivity contribution >= 4 is 22.4 Å². The SMILES string of the molecule is CN(C(=O)c1ccncc1)c1nc2c(s1)CCc1c-2cnn1C. The maximum absolute atomic E-state index is 12.6. The summed E-state index contributed by atoms with van der Waals surface area (Å²) in [4.78, 5) is 24.0. The molecule has 4 rings (SSSR count). The molecule has 0 aromatic carbocycles. The molecule has 0 bridgehead atoms. The summed E-state index contributed by atoms with van der Waals surface area (Å²) in [5.41, 5.74) is 3.87. The largest absolute Gasteiger partial charge is 0.287 e. The Labute approximate surface area is 137 Å². The van der Waals surface area contributed by atoms with Crippen molar-refractivity contribution in [2.45, 2.75) is 12.8 Å². The number of nitrogens with zero attached hydrogens (tertiary/aromatic N) is 5. The molecular formula is C16H15N5OS. The molecule has 0 radical (unpaired) electrons. The molecule has 3 heterocycles. The lowest BCUT2D eigenvalue weighted by molar-refractivity contribution is 0.0993. The number of hydrogen-bond donors (Lipinski definition) is 0. The lowest BCUT2D eigenvalue weighted by Gasteiger charge is -2.13. The average molecular weight is 325 g/mol. The number of thiazole rings is 1. The summed E-state index contributed by atoms with van der Waals surface area (Å²) in [6, 6.07) is 3.43. The first kappa shape index (κ1) is 14.1. The Morgan fingerprint density at radius 1 is 1.30 bits per heavy atom. The van der Waals surface area contributed by atoms with E-state index in [0.717, 1.165) is 24.1 Å². The Hall–Kier alpha value is -2.54. The van der Waals surface area contributed by atoms with Crippen LogP contribution in [0.2, 0.25) is 0 Å². The lowest BCUT2D eigenvalue weighted by Crippen LogP contribution is -2.26. The molecule has 3 aromatic rings. The molecule has 0 fully saturated rings. The van der Waals surface area contributed by atoms with Crippen LogP contribution >= 0.6 is 11.3 Å². The smallest absolute Gasteiger partial charge is 0.259 e. The molecule has 7 heteroatoms. The van der Waals surface area contributed by atoms with Crippen molar-refractivity contribution in [3.05, 3.63) is 46.9 Å². The molecule has 23 heavy (non-hydrogen) atoms. The van der Waals surface area contributed by atoms with E-state index in [1.807, 2.05) is 17.9 Å². The van der Waals surface area contributed by atoms with E-state index in [4.69, 9.17) is 4.98 Å². The number of carbonyl (C=O) groups excluding carboxylic acids is 1. The standard InChI is InChI=1S/C16H15N5OS/c1-20(15(22)10-5-7-17-8-6-10)16-19-14-11-9-18-21(2)12(11)3-4-13(14)23-16/h5-9H,3-4H2,1-2H3. The van der Waals surface area contributed by atoms with Gasteiger partial charge in [0.2, 0.25) is 0 Å². The molecular weight excluding hydrogens is 310 g/mol. The average Bonchev–Trinajstić information content (AvgIpc) is 3.18. The maximum Gasteiger partial charge on any atom is 0.259 e. The summed E-state index contributed by atoms with van der Waals surface area (Å²) in [7, 11) is 3.72. The van der Waals surface area contributed by atoms with E-state index in [0.29, 0.717) is 10.7 Å². The Balaban J connectivity index is 1.70. The summed E-state index contributed by atoms with van der Waals surface area (Å²) in [6.45, 7) is 0. The van der Waals surface area contributed by atoms with Gasteiger partial charge in [0.25, 0.3) is 5.91 Å². The van der Waals surface area contributed by atoms with Crippen molar-refractivity contribution in [3.63, 3.8) is 0 Å². The van der Waals surface area contributed by atoms with Gasteiger partial charge in [0.1, 0.15) is 0 Å². The highest BCUT2D eigenvalue weighted by Crippen LogP contribution is 2.38. The van der Waals surface area contributed by atoms with Gasteiger partial charge in [0, 0.05) is 48.2 Å². The first-order chi connectivity index (χ1) is 11.1. The lowest BCUT2D eigenvalue weighted by atomic mass is 10.0. The van der Waals surface area contributed by atoms with Crippen molar-refractivity contribution in [3.8, 4) is 11.3 Å². The van der Waals surface area contributed by atoms with Gasteiger partial charge < -0.3 is 0 Å². The number of carbonyl (C=O) groups is 1. The molecule has 0 unspecified atom stereocenters. The highest BCUT2D eigenvalue weighted by Gasteiger charge is 2.26. The molecule has 0 spiro atoms. The van der Waals surface area contributed by atoms with Crippen LogP contribution in [-0.2, 0) is 19.9 Å². The predicted molar refractivity (Wildman–Crippen MR) is 88.7 cm³/mol. The highest BCUT2D eigenvalue weighted by atomic mass is 32.1. The Kier molecular flexibility index (Phi) is 3.23. The number of amides is 1. The van der Waals surface area contributed by atoms with Crippen LogP contribution in [0.25, 0.3) is 11.3 Å². The van der Waals surface area contributed by atoms with Gasteiger partial charge in [0.15, 0.2) is 5.13 Å². The first-order valence-electron chi connectivity index (χ1n) is 7.34. The van der Waals surface area contributed by atoms with E-state index in [1.165, 1.54) is 10.6 Å². The van der Waals surface area contributed by atoms with E-state index in [9.17, 15) is 4.79 Å². The Bertz CT molecular complexity index is 883. The van der Waals surface area contributed by atoms with E-state index in [2.05, 4.69) is 10.1 Å². The van der Waals surface area contributed by atoms with Gasteiger partial charge in [-0.05, 0) is 25.0 Å². The van der Waals surface area contributed by atoms with Gasteiger partial charge in [-0.1, -0.05) is 0 Å². The molecule has 1 aliphatic rings. The molecule has 1 aliphatic carbocycles. The molecule has 3 aromatic heterocycles. The van der Waals surface area contributed by atoms with Crippen LogP contribution < -0.4 is 4.90 Å². The van der Waals surface area contributed by atoms with Crippen LogP contribution in [0, 0.1) is 0 Å². The maximum atomic E-state index is 12.6. The number of pyridine rings is 1. The third-order valence-corrected chi connectivity index (χ3v) is 5.30. The van der Waals surface area contributed by atoms with Crippen molar-refractivity contribution in [2.24, 2.45) is 7.05 Å². The van der Waals surface area contributed by atoms with Gasteiger partial charge in [-0.2, -0.15) is 5.10 Å². The van der Waals surface area contributed by atoms with E-state index in [1.54, 1.807) is 47.8 Å². The molecule has 1 amide bonds. The van der Waals surface area contributed by atoms with E-state index < -0.39 is 0 Å². The van der Waals surface area contributed by atoms with Crippen molar-refractivity contribution in [1.82, 2.24) is 19.7 Å². The summed E-state index contributed by atoms with van der Waals surface area (Å²) < 4.78 is 1.91. The summed E-state index contributed by atoms with van der Waals surface area (Å²) in [6.07, 6.45) is 7.01. The third kappa shape index (κ3) is 2.24. The first-order valence-corrected chi connectivity index (χ1v) is 8.16. The van der Waals surface area contributed by atoms with Crippen molar-refractivity contribution in [1.29, 1.82) is 0 Å². The molecule has 0 aliphatic heterocycles. The molecule has 0 N–H and O–H groups in total. The van der Waals surface area contributed by atoms with Crippen molar-refractivity contribution in [2.75, 3.05) is 11.9 Å². The highest BCUT2D eigenvalue weighted by molar-refractivity contribution is 7.16. The number of aryl methyl sites for hydroxylation is 2. The van der Waals surface area contributed by atoms with Gasteiger partial charge in [0.05, 0.1) is 11.9 Å². The minimum atomic E-state index is -0.0788. The summed E-state index contributed by atoms with van der Waals surface area (Å²) >= 11 is 1.58. The molecule has 0 saturated heterocycles. The van der Waals surface area contributed by atoms with Crippen LogP contribution in [-0.4, -0.2) is 32.7 Å².